The summed E-state index contributed by atoms with van der Waals surface area (Å²) in [4.78, 5) is 36.9. The smallest absolute Gasteiger partial charge is 0.342 e. The van der Waals surface area contributed by atoms with E-state index >= 15 is 0 Å². The second-order valence-corrected chi connectivity index (χ2v) is 7.03. The number of esters is 2. The van der Waals surface area contributed by atoms with Crippen LogP contribution in [0.5, 0.6) is 5.75 Å². The number of anilines is 1. The Balaban J connectivity index is 1.73. The van der Waals surface area contributed by atoms with Gasteiger partial charge in [0.2, 0.25) is 0 Å². The van der Waals surface area contributed by atoms with E-state index in [2.05, 4.69) is 5.32 Å². The highest BCUT2D eigenvalue weighted by molar-refractivity contribution is 7.15. The number of rotatable bonds is 7. The molecule has 0 radical (unpaired) electrons. The van der Waals surface area contributed by atoms with Crippen LogP contribution in [0, 0.1) is 6.92 Å². The minimum absolute atomic E-state index is 0.0359. The number of nitrogens with one attached hydrogen (secondary N) is 1. The summed E-state index contributed by atoms with van der Waals surface area (Å²) in [6.07, 6.45) is 1.47. The number of carbonyl (C=O) groups is 3. The normalized spacial score (nSPS) is 10.5. The molecule has 0 saturated carbocycles. The van der Waals surface area contributed by atoms with Gasteiger partial charge in [0.05, 0.1) is 12.9 Å². The van der Waals surface area contributed by atoms with Crippen molar-refractivity contribution in [2.24, 2.45) is 0 Å². The van der Waals surface area contributed by atoms with E-state index < -0.39 is 24.5 Å². The fraction of sp³-hybridized carbons (Fsp3) is 0.190. The highest BCUT2D eigenvalue weighted by Crippen LogP contribution is 2.36. The predicted octanol–water partition coefficient (Wildman–Crippen LogP) is 3.99. The van der Waals surface area contributed by atoms with Gasteiger partial charge in [-0.25, -0.2) is 9.59 Å². The van der Waals surface area contributed by atoms with E-state index in [1.54, 1.807) is 43.5 Å². The summed E-state index contributed by atoms with van der Waals surface area (Å²) in [6, 6.07) is 8.01. The van der Waals surface area contributed by atoms with Crippen molar-refractivity contribution in [2.75, 3.05) is 18.5 Å². The number of benzene rings is 1. The Bertz CT molecular complexity index is 1070. The Morgan fingerprint density at radius 1 is 1.13 bits per heavy atom. The molecule has 0 spiro atoms. The van der Waals surface area contributed by atoms with Crippen LogP contribution in [0.4, 0.5) is 5.00 Å². The Labute approximate surface area is 176 Å². The first kappa shape index (κ1) is 21.1. The van der Waals surface area contributed by atoms with Crippen LogP contribution in [-0.2, 0) is 14.3 Å². The van der Waals surface area contributed by atoms with Gasteiger partial charge in [-0.05, 0) is 37.6 Å². The van der Waals surface area contributed by atoms with Gasteiger partial charge in [0.25, 0.3) is 5.91 Å². The van der Waals surface area contributed by atoms with E-state index in [-0.39, 0.29) is 28.5 Å². The number of thiophene rings is 1. The van der Waals surface area contributed by atoms with Gasteiger partial charge < -0.3 is 24.3 Å². The fourth-order valence-corrected chi connectivity index (χ4v) is 3.62. The number of furan rings is 1. The molecule has 1 aromatic carbocycles. The standard InChI is InChI=1S/C21H19NO7S/c1-3-27-21(26)17-14(15-8-5-9-28-15)11-30-19(17)22-16(23)10-29-20(25)13-7-4-6-12(2)18(13)24/h4-9,11,24H,3,10H2,1-2H3,(H,22,23). The van der Waals surface area contributed by atoms with Crippen LogP contribution in [0.25, 0.3) is 11.3 Å². The van der Waals surface area contributed by atoms with Crippen LogP contribution in [0.3, 0.4) is 0 Å². The molecule has 2 N–H and O–H groups in total. The average molecular weight is 429 g/mol. The summed E-state index contributed by atoms with van der Waals surface area (Å²) in [5.41, 5.74) is 1.12. The molecule has 0 aliphatic carbocycles. The monoisotopic (exact) mass is 429 g/mol. The van der Waals surface area contributed by atoms with E-state index in [0.29, 0.717) is 16.9 Å². The molecule has 9 heteroatoms. The van der Waals surface area contributed by atoms with Crippen molar-refractivity contribution in [1.29, 1.82) is 0 Å². The Morgan fingerprint density at radius 2 is 1.93 bits per heavy atom. The van der Waals surface area contributed by atoms with Crippen LogP contribution < -0.4 is 5.32 Å². The fourth-order valence-electron chi connectivity index (χ4n) is 2.66. The molecule has 2 heterocycles. The summed E-state index contributed by atoms with van der Waals surface area (Å²) < 4.78 is 15.4. The van der Waals surface area contributed by atoms with Crippen molar-refractivity contribution in [2.45, 2.75) is 13.8 Å². The van der Waals surface area contributed by atoms with Crippen molar-refractivity contribution >= 4 is 34.2 Å². The average Bonchev–Trinajstić information content (AvgIpc) is 3.38. The first-order valence-corrected chi connectivity index (χ1v) is 9.88. The van der Waals surface area contributed by atoms with Crippen molar-refractivity contribution in [3.05, 3.63) is 58.7 Å². The maximum absolute atomic E-state index is 12.4. The highest BCUT2D eigenvalue weighted by atomic mass is 32.1. The Morgan fingerprint density at radius 3 is 2.63 bits per heavy atom. The number of para-hydroxylation sites is 1. The molecule has 8 nitrogen and oxygen atoms in total. The summed E-state index contributed by atoms with van der Waals surface area (Å²) >= 11 is 1.12. The zero-order chi connectivity index (χ0) is 21.7. The quantitative estimate of drug-likeness (QED) is 0.546. The molecule has 3 aromatic rings. The summed E-state index contributed by atoms with van der Waals surface area (Å²) in [5, 5.41) is 14.4. The van der Waals surface area contributed by atoms with Gasteiger partial charge in [-0.15, -0.1) is 11.3 Å². The zero-order valence-electron chi connectivity index (χ0n) is 16.3. The van der Waals surface area contributed by atoms with Crippen LogP contribution >= 0.6 is 11.3 Å². The first-order chi connectivity index (χ1) is 14.4. The van der Waals surface area contributed by atoms with Crippen molar-refractivity contribution in [3.63, 3.8) is 0 Å². The minimum atomic E-state index is -0.834. The molecule has 0 unspecified atom stereocenters. The van der Waals surface area contributed by atoms with Crippen molar-refractivity contribution < 1.29 is 33.4 Å². The number of hydrogen-bond donors (Lipinski definition) is 2. The number of phenolic OH excluding ortho intramolecular Hbond substituents is 1. The molecule has 0 saturated heterocycles. The number of aromatic hydroxyl groups is 1. The second-order valence-electron chi connectivity index (χ2n) is 6.15. The van der Waals surface area contributed by atoms with Crippen LogP contribution in [0.15, 0.2) is 46.4 Å². The van der Waals surface area contributed by atoms with Gasteiger partial charge in [-0.2, -0.15) is 0 Å². The van der Waals surface area contributed by atoms with Crippen LogP contribution in [0.2, 0.25) is 0 Å². The van der Waals surface area contributed by atoms with E-state index in [0.717, 1.165) is 11.3 Å². The van der Waals surface area contributed by atoms with Crippen molar-refractivity contribution in [1.82, 2.24) is 0 Å². The number of amides is 1. The molecule has 30 heavy (non-hydrogen) atoms. The zero-order valence-corrected chi connectivity index (χ0v) is 17.1. The van der Waals surface area contributed by atoms with Gasteiger partial charge in [0, 0.05) is 10.9 Å². The van der Waals surface area contributed by atoms with Gasteiger partial charge in [-0.1, -0.05) is 12.1 Å². The first-order valence-electron chi connectivity index (χ1n) is 9.00. The molecule has 0 atom stereocenters. The number of hydrogen-bond acceptors (Lipinski definition) is 8. The van der Waals surface area contributed by atoms with Crippen LogP contribution in [-0.4, -0.2) is 36.2 Å². The molecule has 0 aliphatic heterocycles. The topological polar surface area (TPSA) is 115 Å². The largest absolute Gasteiger partial charge is 0.507 e. The molecule has 0 bridgehead atoms. The second kappa shape index (κ2) is 9.27. The number of aryl methyl sites for hydroxylation is 1. The third kappa shape index (κ3) is 4.52. The van der Waals surface area contributed by atoms with E-state index in [1.165, 1.54) is 12.3 Å². The van der Waals surface area contributed by atoms with E-state index in [1.807, 2.05) is 0 Å². The number of ether oxygens (including phenoxy) is 2. The van der Waals surface area contributed by atoms with E-state index in [4.69, 9.17) is 13.9 Å². The SMILES string of the molecule is CCOC(=O)c1c(-c2ccco2)csc1NC(=O)COC(=O)c1cccc(C)c1O. The number of phenols is 1. The summed E-state index contributed by atoms with van der Waals surface area (Å²) in [6.45, 7) is 2.89. The van der Waals surface area contributed by atoms with Crippen LogP contribution in [0.1, 0.15) is 33.2 Å². The predicted molar refractivity (Wildman–Crippen MR) is 110 cm³/mol. The molecule has 156 valence electrons. The highest BCUT2D eigenvalue weighted by Gasteiger charge is 2.24. The molecule has 0 aliphatic rings. The third-order valence-electron chi connectivity index (χ3n) is 4.10. The molecular weight excluding hydrogens is 410 g/mol. The van der Waals surface area contributed by atoms with Gasteiger partial charge in [0.1, 0.15) is 27.6 Å². The molecule has 2 aromatic heterocycles. The summed E-state index contributed by atoms with van der Waals surface area (Å²) in [5.74, 6) is -1.83. The maximum Gasteiger partial charge on any atom is 0.342 e. The lowest BCUT2D eigenvalue weighted by Gasteiger charge is -2.09. The number of carbonyl (C=O) groups excluding carboxylic acids is 3. The Hall–Kier alpha value is -3.59. The lowest BCUT2D eigenvalue weighted by molar-refractivity contribution is -0.119. The van der Waals surface area contributed by atoms with E-state index in [9.17, 15) is 19.5 Å². The molecular formula is C21H19NO7S. The lowest BCUT2D eigenvalue weighted by Crippen LogP contribution is -2.22. The lowest BCUT2D eigenvalue weighted by atomic mass is 10.1. The van der Waals surface area contributed by atoms with Gasteiger partial charge in [0.15, 0.2) is 6.61 Å². The molecule has 0 fully saturated rings. The minimum Gasteiger partial charge on any atom is -0.507 e. The molecule has 3 rings (SSSR count). The maximum atomic E-state index is 12.4. The van der Waals surface area contributed by atoms with Gasteiger partial charge >= 0.3 is 11.9 Å². The van der Waals surface area contributed by atoms with Crippen molar-refractivity contribution in [3.8, 4) is 17.1 Å². The Kier molecular flexibility index (Phi) is 6.53. The molecule has 1 amide bonds. The third-order valence-corrected chi connectivity index (χ3v) is 5.00. The summed E-state index contributed by atoms with van der Waals surface area (Å²) in [7, 11) is 0. The van der Waals surface area contributed by atoms with Gasteiger partial charge in [-0.3, -0.25) is 4.79 Å².